The van der Waals surface area contributed by atoms with Crippen molar-refractivity contribution in [2.45, 2.75) is 13.0 Å². The van der Waals surface area contributed by atoms with E-state index in [-0.39, 0.29) is 5.91 Å². The average Bonchev–Trinajstić information content (AvgIpc) is 2.77. The third-order valence-electron chi connectivity index (χ3n) is 2.42. The third-order valence-corrected chi connectivity index (χ3v) is 2.42. The maximum absolute atomic E-state index is 11.1. The van der Waals surface area contributed by atoms with Crippen LogP contribution >= 0.6 is 0 Å². The molecule has 0 fully saturated rings. The van der Waals surface area contributed by atoms with Crippen molar-refractivity contribution in [2.75, 3.05) is 0 Å². The summed E-state index contributed by atoms with van der Waals surface area (Å²) in [5.74, 6) is 0.308. The van der Waals surface area contributed by atoms with Crippen LogP contribution in [0.5, 0.6) is 0 Å². The summed E-state index contributed by atoms with van der Waals surface area (Å²) in [4.78, 5) is 19.4. The minimum absolute atomic E-state index is 0.386. The van der Waals surface area contributed by atoms with Gasteiger partial charge in [0, 0.05) is 30.4 Å². The molecule has 2 aromatic heterocycles. The van der Waals surface area contributed by atoms with Crippen molar-refractivity contribution in [3.8, 4) is 11.4 Å². The number of primary amides is 1. The van der Waals surface area contributed by atoms with Gasteiger partial charge in [0.05, 0.1) is 0 Å². The van der Waals surface area contributed by atoms with Gasteiger partial charge in [0.25, 0.3) is 0 Å². The number of aromatic nitrogens is 3. The Balaban J connectivity index is 2.44. The number of nitrogens with zero attached hydrogens (tertiary/aromatic N) is 3. The Morgan fingerprint density at radius 3 is 2.94 bits per heavy atom. The largest absolute Gasteiger partial charge is 0.368 e. The highest BCUT2D eigenvalue weighted by Gasteiger charge is 2.15. The lowest BCUT2D eigenvalue weighted by molar-refractivity contribution is -0.120. The van der Waals surface area contributed by atoms with Crippen LogP contribution in [0.3, 0.4) is 0 Å². The van der Waals surface area contributed by atoms with Crippen molar-refractivity contribution >= 4 is 5.91 Å². The number of nitrogens with two attached hydrogens (primary N) is 1. The predicted molar refractivity (Wildman–Crippen MR) is 59.4 cm³/mol. The van der Waals surface area contributed by atoms with Crippen LogP contribution in [0.2, 0.25) is 0 Å². The van der Waals surface area contributed by atoms with Gasteiger partial charge in [-0.3, -0.25) is 9.78 Å². The van der Waals surface area contributed by atoms with Crippen molar-refractivity contribution in [3.63, 3.8) is 0 Å². The molecular weight excluding hydrogens is 204 g/mol. The van der Waals surface area contributed by atoms with E-state index in [1.807, 2.05) is 12.1 Å². The molecule has 16 heavy (non-hydrogen) atoms. The van der Waals surface area contributed by atoms with E-state index in [1.165, 1.54) is 0 Å². The molecule has 82 valence electrons. The zero-order chi connectivity index (χ0) is 11.5. The molecule has 0 radical (unpaired) electrons. The van der Waals surface area contributed by atoms with E-state index < -0.39 is 6.04 Å². The summed E-state index contributed by atoms with van der Waals surface area (Å²) in [6.07, 6.45) is 6.76. The molecule has 0 aliphatic rings. The first-order valence-corrected chi connectivity index (χ1v) is 4.92. The molecule has 5 heteroatoms. The van der Waals surface area contributed by atoms with Crippen LogP contribution in [0.25, 0.3) is 11.4 Å². The fourth-order valence-electron chi connectivity index (χ4n) is 1.48. The minimum atomic E-state index is -0.419. The number of carbonyl (C=O) groups is 1. The van der Waals surface area contributed by atoms with Gasteiger partial charge in [0.2, 0.25) is 5.91 Å². The molecule has 5 nitrogen and oxygen atoms in total. The fourth-order valence-corrected chi connectivity index (χ4v) is 1.48. The van der Waals surface area contributed by atoms with Gasteiger partial charge in [-0.2, -0.15) is 0 Å². The van der Waals surface area contributed by atoms with Gasteiger partial charge in [-0.1, -0.05) is 0 Å². The molecule has 0 spiro atoms. The van der Waals surface area contributed by atoms with Crippen LogP contribution in [-0.4, -0.2) is 20.4 Å². The Labute approximate surface area is 92.9 Å². The molecule has 1 atom stereocenters. The average molecular weight is 216 g/mol. The van der Waals surface area contributed by atoms with Gasteiger partial charge >= 0.3 is 0 Å². The maximum atomic E-state index is 11.1. The Bertz CT molecular complexity index is 492. The second kappa shape index (κ2) is 4.14. The Morgan fingerprint density at radius 1 is 1.50 bits per heavy atom. The Morgan fingerprint density at radius 2 is 2.31 bits per heavy atom. The molecule has 2 aromatic rings. The number of carbonyl (C=O) groups excluding carboxylic acids is 1. The van der Waals surface area contributed by atoms with Gasteiger partial charge in [-0.15, -0.1) is 0 Å². The number of hydrogen-bond donors (Lipinski definition) is 1. The number of pyridine rings is 1. The van der Waals surface area contributed by atoms with Crippen LogP contribution < -0.4 is 5.73 Å². The van der Waals surface area contributed by atoms with Crippen LogP contribution in [0.15, 0.2) is 36.9 Å². The van der Waals surface area contributed by atoms with Gasteiger partial charge in [-0.25, -0.2) is 4.98 Å². The lowest BCUT2D eigenvalue weighted by atomic mass is 10.2. The Hall–Kier alpha value is -2.17. The van der Waals surface area contributed by atoms with Gasteiger partial charge in [0.15, 0.2) is 0 Å². The third kappa shape index (κ3) is 1.79. The number of amides is 1. The molecule has 2 heterocycles. The molecule has 0 aliphatic heterocycles. The van der Waals surface area contributed by atoms with Gasteiger partial charge < -0.3 is 10.3 Å². The molecule has 0 aromatic carbocycles. The second-order valence-electron chi connectivity index (χ2n) is 3.48. The molecule has 0 saturated carbocycles. The van der Waals surface area contributed by atoms with Gasteiger partial charge in [-0.05, 0) is 19.1 Å². The van der Waals surface area contributed by atoms with Crippen molar-refractivity contribution in [1.82, 2.24) is 14.5 Å². The minimum Gasteiger partial charge on any atom is -0.368 e. The first kappa shape index (κ1) is 10.4. The number of hydrogen-bond acceptors (Lipinski definition) is 3. The summed E-state index contributed by atoms with van der Waals surface area (Å²) in [7, 11) is 0. The summed E-state index contributed by atoms with van der Waals surface area (Å²) in [5, 5.41) is 0. The molecule has 2 rings (SSSR count). The Kier molecular flexibility index (Phi) is 2.68. The molecule has 0 aliphatic carbocycles. The fraction of sp³-hybridized carbons (Fsp3) is 0.182. The highest BCUT2D eigenvalue weighted by atomic mass is 16.1. The summed E-state index contributed by atoms with van der Waals surface area (Å²) < 4.78 is 1.74. The number of rotatable bonds is 3. The smallest absolute Gasteiger partial charge is 0.240 e. The van der Waals surface area contributed by atoms with E-state index in [0.717, 1.165) is 5.56 Å². The van der Waals surface area contributed by atoms with Crippen molar-refractivity contribution < 1.29 is 4.79 Å². The van der Waals surface area contributed by atoms with E-state index in [2.05, 4.69) is 9.97 Å². The van der Waals surface area contributed by atoms with Crippen molar-refractivity contribution in [3.05, 3.63) is 36.9 Å². The van der Waals surface area contributed by atoms with E-state index in [0.29, 0.717) is 5.82 Å². The summed E-state index contributed by atoms with van der Waals surface area (Å²) >= 11 is 0. The highest BCUT2D eigenvalue weighted by Crippen LogP contribution is 2.19. The maximum Gasteiger partial charge on any atom is 0.240 e. The monoisotopic (exact) mass is 216 g/mol. The lowest BCUT2D eigenvalue weighted by Gasteiger charge is -2.12. The van der Waals surface area contributed by atoms with Crippen LogP contribution in [0, 0.1) is 0 Å². The zero-order valence-corrected chi connectivity index (χ0v) is 8.87. The molecule has 2 N–H and O–H groups in total. The van der Waals surface area contributed by atoms with E-state index in [1.54, 1.807) is 36.3 Å². The highest BCUT2D eigenvalue weighted by molar-refractivity contribution is 5.78. The number of imidazole rings is 1. The standard InChI is InChI=1S/C11H12N4O/c1-8(10(12)16)15-6-5-14-11(15)9-3-2-4-13-7-9/h2-8H,1H3,(H2,12,16). The molecule has 1 amide bonds. The summed E-state index contributed by atoms with van der Waals surface area (Å²) in [6, 6.07) is 3.29. The topological polar surface area (TPSA) is 73.8 Å². The molecule has 1 unspecified atom stereocenters. The predicted octanol–water partition coefficient (Wildman–Crippen LogP) is 0.991. The SMILES string of the molecule is CC(C(N)=O)n1ccnc1-c1cccnc1. The summed E-state index contributed by atoms with van der Waals surface area (Å²) in [6.45, 7) is 1.74. The lowest BCUT2D eigenvalue weighted by Crippen LogP contribution is -2.24. The van der Waals surface area contributed by atoms with Crippen LogP contribution in [-0.2, 0) is 4.79 Å². The quantitative estimate of drug-likeness (QED) is 0.831. The van der Waals surface area contributed by atoms with Gasteiger partial charge in [0.1, 0.15) is 11.9 Å². The van der Waals surface area contributed by atoms with E-state index in [9.17, 15) is 4.79 Å². The van der Waals surface area contributed by atoms with Crippen molar-refractivity contribution in [2.24, 2.45) is 5.73 Å². The molecular formula is C11H12N4O. The van der Waals surface area contributed by atoms with Crippen molar-refractivity contribution in [1.29, 1.82) is 0 Å². The first-order valence-electron chi connectivity index (χ1n) is 4.92. The molecule has 0 bridgehead atoms. The second-order valence-corrected chi connectivity index (χ2v) is 3.48. The van der Waals surface area contributed by atoms with E-state index >= 15 is 0 Å². The summed E-state index contributed by atoms with van der Waals surface area (Å²) in [5.41, 5.74) is 6.13. The van der Waals surface area contributed by atoms with Crippen LogP contribution in [0.1, 0.15) is 13.0 Å². The zero-order valence-electron chi connectivity index (χ0n) is 8.87. The van der Waals surface area contributed by atoms with E-state index in [4.69, 9.17) is 5.73 Å². The normalized spacial score (nSPS) is 12.3. The molecule has 0 saturated heterocycles. The van der Waals surface area contributed by atoms with Crippen LogP contribution in [0.4, 0.5) is 0 Å². The first-order chi connectivity index (χ1) is 7.70.